The fraction of sp³-hybridized carbons (Fsp3) is 0.312. The fourth-order valence-corrected chi connectivity index (χ4v) is 2.63. The molecule has 0 aliphatic heterocycles. The SMILES string of the molecule is C[C@@H](NCCOc1cccnc1)c1ccc(S(C)(=O)=O)cc1. The normalized spacial score (nSPS) is 12.8. The molecular formula is C16H20N2O3S. The minimum Gasteiger partial charge on any atom is -0.491 e. The molecule has 5 nitrogen and oxygen atoms in total. The maximum Gasteiger partial charge on any atom is 0.175 e. The van der Waals surface area contributed by atoms with Crippen molar-refractivity contribution in [2.24, 2.45) is 0 Å². The average molecular weight is 320 g/mol. The molecule has 0 amide bonds. The van der Waals surface area contributed by atoms with Crippen LogP contribution >= 0.6 is 0 Å². The molecule has 2 aromatic rings. The van der Waals surface area contributed by atoms with E-state index in [4.69, 9.17) is 4.74 Å². The Morgan fingerprint density at radius 1 is 1.23 bits per heavy atom. The summed E-state index contributed by atoms with van der Waals surface area (Å²) in [5.74, 6) is 0.745. The molecule has 1 heterocycles. The molecule has 1 aromatic heterocycles. The Morgan fingerprint density at radius 3 is 2.55 bits per heavy atom. The number of hydrogen-bond donors (Lipinski definition) is 1. The second-order valence-corrected chi connectivity index (χ2v) is 7.07. The van der Waals surface area contributed by atoms with Crippen molar-refractivity contribution in [1.29, 1.82) is 0 Å². The van der Waals surface area contributed by atoms with E-state index in [0.29, 0.717) is 18.0 Å². The van der Waals surface area contributed by atoms with Gasteiger partial charge in [0.05, 0.1) is 11.1 Å². The highest BCUT2D eigenvalue weighted by Gasteiger charge is 2.09. The van der Waals surface area contributed by atoms with Crippen molar-refractivity contribution in [3.63, 3.8) is 0 Å². The van der Waals surface area contributed by atoms with Crippen LogP contribution in [0.4, 0.5) is 0 Å². The molecule has 0 bridgehead atoms. The van der Waals surface area contributed by atoms with Gasteiger partial charge in [0.15, 0.2) is 9.84 Å². The topological polar surface area (TPSA) is 68.3 Å². The Balaban J connectivity index is 1.81. The molecule has 0 unspecified atom stereocenters. The number of hydrogen-bond acceptors (Lipinski definition) is 5. The maximum atomic E-state index is 11.4. The van der Waals surface area contributed by atoms with Gasteiger partial charge in [0.2, 0.25) is 0 Å². The molecule has 0 fully saturated rings. The van der Waals surface area contributed by atoms with Crippen molar-refractivity contribution in [2.45, 2.75) is 17.9 Å². The number of nitrogens with one attached hydrogen (secondary N) is 1. The first-order valence-corrected chi connectivity index (χ1v) is 8.92. The van der Waals surface area contributed by atoms with Gasteiger partial charge in [0.25, 0.3) is 0 Å². The van der Waals surface area contributed by atoms with Gasteiger partial charge in [-0.05, 0) is 36.8 Å². The molecule has 6 heteroatoms. The number of rotatable bonds is 7. The van der Waals surface area contributed by atoms with Crippen molar-refractivity contribution < 1.29 is 13.2 Å². The molecule has 0 spiro atoms. The molecule has 0 aliphatic rings. The van der Waals surface area contributed by atoms with Crippen molar-refractivity contribution in [2.75, 3.05) is 19.4 Å². The van der Waals surface area contributed by atoms with Gasteiger partial charge in [-0.1, -0.05) is 12.1 Å². The third-order valence-electron chi connectivity index (χ3n) is 3.26. The molecule has 1 N–H and O–H groups in total. The highest BCUT2D eigenvalue weighted by atomic mass is 32.2. The standard InChI is InChI=1S/C16H20N2O3S/c1-13(14-5-7-16(8-6-14)22(2,19)20)18-10-11-21-15-4-3-9-17-12-15/h3-9,12-13,18H,10-11H2,1-2H3/t13-/m1/s1. The quantitative estimate of drug-likeness (QED) is 0.792. The van der Waals surface area contributed by atoms with Crippen LogP contribution in [0.1, 0.15) is 18.5 Å². The Kier molecular flexibility index (Phi) is 5.51. The summed E-state index contributed by atoms with van der Waals surface area (Å²) in [6.07, 6.45) is 4.58. The monoisotopic (exact) mass is 320 g/mol. The summed E-state index contributed by atoms with van der Waals surface area (Å²) in [5.41, 5.74) is 1.04. The summed E-state index contributed by atoms with van der Waals surface area (Å²) < 4.78 is 28.4. The number of aromatic nitrogens is 1. The summed E-state index contributed by atoms with van der Waals surface area (Å²) in [5, 5.41) is 3.33. The van der Waals surface area contributed by atoms with Gasteiger partial charge in [-0.15, -0.1) is 0 Å². The van der Waals surface area contributed by atoms with Crippen molar-refractivity contribution in [3.05, 3.63) is 54.4 Å². The molecule has 0 radical (unpaired) electrons. The lowest BCUT2D eigenvalue weighted by molar-refractivity contribution is 0.306. The molecule has 2 rings (SSSR count). The molecule has 0 saturated heterocycles. The van der Waals surface area contributed by atoms with E-state index < -0.39 is 9.84 Å². The molecular weight excluding hydrogens is 300 g/mol. The zero-order valence-corrected chi connectivity index (χ0v) is 13.5. The highest BCUT2D eigenvalue weighted by Crippen LogP contribution is 2.16. The Labute approximate surface area is 131 Å². The molecule has 118 valence electrons. The van der Waals surface area contributed by atoms with E-state index in [1.165, 1.54) is 6.26 Å². The zero-order chi connectivity index (χ0) is 16.0. The van der Waals surface area contributed by atoms with Gasteiger partial charge >= 0.3 is 0 Å². The Bertz CT molecular complexity index is 685. The van der Waals surface area contributed by atoms with E-state index >= 15 is 0 Å². The van der Waals surface area contributed by atoms with Crippen LogP contribution in [0.2, 0.25) is 0 Å². The van der Waals surface area contributed by atoms with Crippen LogP contribution in [0.5, 0.6) is 5.75 Å². The summed E-state index contributed by atoms with van der Waals surface area (Å²) in [7, 11) is -3.14. The van der Waals surface area contributed by atoms with E-state index in [0.717, 1.165) is 11.3 Å². The second kappa shape index (κ2) is 7.38. The van der Waals surface area contributed by atoms with Gasteiger partial charge in [-0.3, -0.25) is 4.98 Å². The summed E-state index contributed by atoms with van der Waals surface area (Å²) >= 11 is 0. The third kappa shape index (κ3) is 4.82. The van der Waals surface area contributed by atoms with Crippen LogP contribution in [-0.2, 0) is 9.84 Å². The van der Waals surface area contributed by atoms with E-state index in [1.54, 1.807) is 24.5 Å². The van der Waals surface area contributed by atoms with Gasteiger partial charge in [-0.25, -0.2) is 8.42 Å². The van der Waals surface area contributed by atoms with Crippen LogP contribution in [0.15, 0.2) is 53.7 Å². The summed E-state index contributed by atoms with van der Waals surface area (Å²) in [6, 6.07) is 10.7. The first-order chi connectivity index (χ1) is 10.5. The van der Waals surface area contributed by atoms with Crippen molar-refractivity contribution >= 4 is 9.84 Å². The van der Waals surface area contributed by atoms with E-state index in [9.17, 15) is 8.42 Å². The lowest BCUT2D eigenvalue weighted by Crippen LogP contribution is -2.24. The Hall–Kier alpha value is -1.92. The number of ether oxygens (including phenoxy) is 1. The lowest BCUT2D eigenvalue weighted by Gasteiger charge is -2.15. The second-order valence-electron chi connectivity index (χ2n) is 5.05. The van der Waals surface area contributed by atoms with Crippen LogP contribution in [0.25, 0.3) is 0 Å². The molecule has 0 aliphatic carbocycles. The number of sulfone groups is 1. The number of benzene rings is 1. The van der Waals surface area contributed by atoms with Crippen LogP contribution in [0, 0.1) is 0 Å². The predicted molar refractivity (Wildman–Crippen MR) is 85.7 cm³/mol. The van der Waals surface area contributed by atoms with Crippen LogP contribution in [-0.4, -0.2) is 32.8 Å². The third-order valence-corrected chi connectivity index (χ3v) is 4.39. The van der Waals surface area contributed by atoms with Gasteiger partial charge < -0.3 is 10.1 Å². The zero-order valence-electron chi connectivity index (χ0n) is 12.7. The van der Waals surface area contributed by atoms with E-state index in [1.807, 2.05) is 31.2 Å². The fourth-order valence-electron chi connectivity index (χ4n) is 2.00. The first-order valence-electron chi connectivity index (χ1n) is 7.03. The van der Waals surface area contributed by atoms with E-state index in [-0.39, 0.29) is 6.04 Å². The highest BCUT2D eigenvalue weighted by molar-refractivity contribution is 7.90. The summed E-state index contributed by atoms with van der Waals surface area (Å²) in [4.78, 5) is 4.32. The van der Waals surface area contributed by atoms with Crippen LogP contribution in [0.3, 0.4) is 0 Å². The summed E-state index contributed by atoms with van der Waals surface area (Å²) in [6.45, 7) is 3.25. The number of pyridine rings is 1. The minimum absolute atomic E-state index is 0.117. The van der Waals surface area contributed by atoms with E-state index in [2.05, 4.69) is 10.3 Å². The molecule has 0 saturated carbocycles. The number of nitrogens with zero attached hydrogens (tertiary/aromatic N) is 1. The lowest BCUT2D eigenvalue weighted by atomic mass is 10.1. The minimum atomic E-state index is -3.14. The van der Waals surface area contributed by atoms with Crippen LogP contribution < -0.4 is 10.1 Å². The maximum absolute atomic E-state index is 11.4. The largest absolute Gasteiger partial charge is 0.491 e. The smallest absolute Gasteiger partial charge is 0.175 e. The van der Waals surface area contributed by atoms with Gasteiger partial charge in [-0.2, -0.15) is 0 Å². The van der Waals surface area contributed by atoms with Gasteiger partial charge in [0, 0.05) is 25.0 Å². The average Bonchev–Trinajstić information content (AvgIpc) is 2.52. The van der Waals surface area contributed by atoms with Gasteiger partial charge in [0.1, 0.15) is 12.4 Å². The molecule has 1 atom stereocenters. The predicted octanol–water partition coefficient (Wildman–Crippen LogP) is 2.21. The Morgan fingerprint density at radius 2 is 1.95 bits per heavy atom. The molecule has 22 heavy (non-hydrogen) atoms. The van der Waals surface area contributed by atoms with Crippen molar-refractivity contribution in [1.82, 2.24) is 10.3 Å². The van der Waals surface area contributed by atoms with Crippen molar-refractivity contribution in [3.8, 4) is 5.75 Å². The molecule has 1 aromatic carbocycles. The first kappa shape index (κ1) is 16.5.